The van der Waals surface area contributed by atoms with Gasteiger partial charge in [-0.05, 0) is 38.6 Å². The molecule has 0 amide bonds. The predicted molar refractivity (Wildman–Crippen MR) is 81.1 cm³/mol. The van der Waals surface area contributed by atoms with E-state index in [2.05, 4.69) is 17.0 Å². The topological polar surface area (TPSA) is 71.1 Å². The molecule has 112 valence electrons. The first kappa shape index (κ1) is 16.6. The van der Waals surface area contributed by atoms with Crippen molar-refractivity contribution >= 4 is 17.6 Å². The van der Waals surface area contributed by atoms with E-state index in [0.29, 0.717) is 5.84 Å². The average Bonchev–Trinajstić information content (AvgIpc) is 2.47. The van der Waals surface area contributed by atoms with Crippen LogP contribution < -0.4 is 5.73 Å². The first-order valence-corrected chi connectivity index (χ1v) is 8.24. The van der Waals surface area contributed by atoms with Crippen LogP contribution in [0.15, 0.2) is 5.16 Å². The van der Waals surface area contributed by atoms with Crippen LogP contribution in [0.25, 0.3) is 0 Å². The number of nitrogens with two attached hydrogens (primary N) is 1. The summed E-state index contributed by atoms with van der Waals surface area (Å²) in [4.78, 5) is 2.39. The van der Waals surface area contributed by atoms with Crippen molar-refractivity contribution in [2.24, 2.45) is 10.9 Å². The summed E-state index contributed by atoms with van der Waals surface area (Å²) in [5, 5.41) is 12.1. The molecule has 19 heavy (non-hydrogen) atoms. The Morgan fingerprint density at radius 2 is 2.11 bits per heavy atom. The van der Waals surface area contributed by atoms with Gasteiger partial charge >= 0.3 is 0 Å². The second kappa shape index (κ2) is 8.66. The fourth-order valence-corrected chi connectivity index (χ4v) is 3.18. The number of hydrogen-bond donors (Lipinski definition) is 2. The molecule has 3 N–H and O–H groups in total. The molecule has 0 aromatic heterocycles. The van der Waals surface area contributed by atoms with Gasteiger partial charge in [0.2, 0.25) is 0 Å². The number of nitrogens with zero attached hydrogens (tertiary/aromatic N) is 2. The normalized spacial score (nSPS) is 20.6. The SMILES string of the molecule is CCCCOCCN1CCC(SC)(C(N)=NO)CC1. The monoisotopic (exact) mass is 289 g/mol. The van der Waals surface area contributed by atoms with Crippen LogP contribution in [0.4, 0.5) is 0 Å². The smallest absolute Gasteiger partial charge is 0.155 e. The van der Waals surface area contributed by atoms with Crippen molar-refractivity contribution < 1.29 is 9.94 Å². The van der Waals surface area contributed by atoms with Crippen molar-refractivity contribution in [3.8, 4) is 0 Å². The van der Waals surface area contributed by atoms with Gasteiger partial charge in [0.25, 0.3) is 0 Å². The second-order valence-electron chi connectivity index (χ2n) is 4.99. The van der Waals surface area contributed by atoms with Crippen molar-refractivity contribution in [3.05, 3.63) is 0 Å². The van der Waals surface area contributed by atoms with Crippen LogP contribution in [0.5, 0.6) is 0 Å². The molecule has 0 atom stereocenters. The highest BCUT2D eigenvalue weighted by molar-refractivity contribution is 8.00. The van der Waals surface area contributed by atoms with Gasteiger partial charge in [0, 0.05) is 13.2 Å². The number of likely N-dealkylation sites (tertiary alicyclic amines) is 1. The third-order valence-corrected chi connectivity index (χ3v) is 5.22. The molecule has 1 aliphatic rings. The summed E-state index contributed by atoms with van der Waals surface area (Å²) in [5.41, 5.74) is 5.83. The number of oxime groups is 1. The van der Waals surface area contributed by atoms with E-state index in [9.17, 15) is 0 Å². The van der Waals surface area contributed by atoms with E-state index in [0.717, 1.165) is 52.1 Å². The standard InChI is InChI=1S/C13H27N3O2S/c1-3-4-10-18-11-9-16-7-5-13(19-2,6-8-16)12(14)15-17/h17H,3-11H2,1-2H3,(H2,14,15). The Morgan fingerprint density at radius 3 is 2.63 bits per heavy atom. The Morgan fingerprint density at radius 1 is 1.42 bits per heavy atom. The van der Waals surface area contributed by atoms with Gasteiger partial charge in [-0.1, -0.05) is 18.5 Å². The Balaban J connectivity index is 2.28. The van der Waals surface area contributed by atoms with Crippen LogP contribution in [0.3, 0.4) is 0 Å². The third kappa shape index (κ3) is 4.85. The van der Waals surface area contributed by atoms with Crippen LogP contribution in [-0.4, -0.2) is 59.8 Å². The predicted octanol–water partition coefficient (Wildman–Crippen LogP) is 1.75. The molecule has 1 saturated heterocycles. The Hall–Kier alpha value is -0.460. The van der Waals surface area contributed by atoms with Gasteiger partial charge in [-0.25, -0.2) is 0 Å². The molecule has 1 heterocycles. The lowest BCUT2D eigenvalue weighted by atomic mass is 9.94. The summed E-state index contributed by atoms with van der Waals surface area (Å²) in [7, 11) is 0. The lowest BCUT2D eigenvalue weighted by Gasteiger charge is -2.39. The van der Waals surface area contributed by atoms with Crippen LogP contribution in [-0.2, 0) is 4.74 Å². The van der Waals surface area contributed by atoms with Crippen LogP contribution >= 0.6 is 11.8 Å². The molecule has 0 saturated carbocycles. The fourth-order valence-electron chi connectivity index (χ4n) is 2.34. The first-order chi connectivity index (χ1) is 9.18. The highest BCUT2D eigenvalue weighted by Crippen LogP contribution is 2.34. The molecule has 1 aliphatic heterocycles. The zero-order chi connectivity index (χ0) is 14.1. The Kier molecular flexibility index (Phi) is 7.56. The number of amidine groups is 1. The van der Waals surface area contributed by atoms with Gasteiger partial charge in [0.05, 0.1) is 11.4 Å². The van der Waals surface area contributed by atoms with Gasteiger partial charge in [0.15, 0.2) is 5.84 Å². The quantitative estimate of drug-likeness (QED) is 0.234. The largest absolute Gasteiger partial charge is 0.409 e. The molecule has 0 spiro atoms. The first-order valence-electron chi connectivity index (χ1n) is 7.01. The maximum absolute atomic E-state index is 8.89. The molecule has 1 fully saturated rings. The van der Waals surface area contributed by atoms with Crippen molar-refractivity contribution in [1.82, 2.24) is 4.90 Å². The van der Waals surface area contributed by atoms with E-state index in [1.54, 1.807) is 11.8 Å². The van der Waals surface area contributed by atoms with E-state index in [1.807, 2.05) is 6.26 Å². The van der Waals surface area contributed by atoms with Gasteiger partial charge in [-0.15, -0.1) is 0 Å². The molecule has 6 heteroatoms. The highest BCUT2D eigenvalue weighted by Gasteiger charge is 2.37. The lowest BCUT2D eigenvalue weighted by Crippen LogP contribution is -2.50. The van der Waals surface area contributed by atoms with Crippen molar-refractivity contribution in [1.29, 1.82) is 0 Å². The molecular weight excluding hydrogens is 262 g/mol. The third-order valence-electron chi connectivity index (χ3n) is 3.82. The summed E-state index contributed by atoms with van der Waals surface area (Å²) in [6.07, 6.45) is 6.21. The summed E-state index contributed by atoms with van der Waals surface area (Å²) in [6.45, 7) is 6.77. The molecule has 0 aromatic rings. The van der Waals surface area contributed by atoms with Crippen molar-refractivity contribution in [2.75, 3.05) is 39.1 Å². The number of unbranched alkanes of at least 4 members (excludes halogenated alkanes) is 1. The molecule has 0 radical (unpaired) electrons. The van der Waals surface area contributed by atoms with Crippen LogP contribution in [0, 0.1) is 0 Å². The summed E-state index contributed by atoms with van der Waals surface area (Å²) in [5.74, 6) is 0.360. The minimum Gasteiger partial charge on any atom is -0.409 e. The van der Waals surface area contributed by atoms with Crippen LogP contribution in [0.2, 0.25) is 0 Å². The van der Waals surface area contributed by atoms with E-state index in [-0.39, 0.29) is 4.75 Å². The molecule has 5 nitrogen and oxygen atoms in total. The molecule has 0 bridgehead atoms. The minimum atomic E-state index is -0.186. The highest BCUT2D eigenvalue weighted by atomic mass is 32.2. The maximum atomic E-state index is 8.89. The summed E-state index contributed by atoms with van der Waals surface area (Å²) >= 11 is 1.69. The van der Waals surface area contributed by atoms with Gasteiger partial charge < -0.3 is 20.6 Å². The summed E-state index contributed by atoms with van der Waals surface area (Å²) in [6, 6.07) is 0. The lowest BCUT2D eigenvalue weighted by molar-refractivity contribution is 0.0931. The molecule has 0 unspecified atom stereocenters. The van der Waals surface area contributed by atoms with Gasteiger partial charge in [0.1, 0.15) is 0 Å². The number of rotatable bonds is 8. The van der Waals surface area contributed by atoms with Crippen LogP contribution in [0.1, 0.15) is 32.6 Å². The second-order valence-corrected chi connectivity index (χ2v) is 6.18. The van der Waals surface area contributed by atoms with E-state index >= 15 is 0 Å². The fraction of sp³-hybridized carbons (Fsp3) is 0.923. The number of hydrogen-bond acceptors (Lipinski definition) is 5. The van der Waals surface area contributed by atoms with Gasteiger partial charge in [-0.2, -0.15) is 11.8 Å². The zero-order valence-corrected chi connectivity index (χ0v) is 12.9. The van der Waals surface area contributed by atoms with Crippen molar-refractivity contribution in [3.63, 3.8) is 0 Å². The molecule has 0 aromatic carbocycles. The molecular formula is C13H27N3O2S. The van der Waals surface area contributed by atoms with Gasteiger partial charge in [-0.3, -0.25) is 0 Å². The maximum Gasteiger partial charge on any atom is 0.155 e. The average molecular weight is 289 g/mol. The molecule has 0 aliphatic carbocycles. The minimum absolute atomic E-state index is 0.186. The van der Waals surface area contributed by atoms with E-state index in [1.165, 1.54) is 6.42 Å². The van der Waals surface area contributed by atoms with E-state index in [4.69, 9.17) is 15.7 Å². The number of thioether (sulfide) groups is 1. The van der Waals surface area contributed by atoms with E-state index < -0.39 is 0 Å². The Bertz CT molecular complexity index is 279. The number of ether oxygens (including phenoxy) is 1. The molecule has 1 rings (SSSR count). The van der Waals surface area contributed by atoms with Crippen molar-refractivity contribution in [2.45, 2.75) is 37.4 Å². The Labute approximate surface area is 120 Å². The zero-order valence-electron chi connectivity index (χ0n) is 12.1. The summed E-state index contributed by atoms with van der Waals surface area (Å²) < 4.78 is 5.40. The number of piperidine rings is 1.